The van der Waals surface area contributed by atoms with Crippen LogP contribution in [0.2, 0.25) is 0 Å². The van der Waals surface area contributed by atoms with E-state index in [1.54, 1.807) is 24.3 Å². The lowest BCUT2D eigenvalue weighted by atomic mass is 9.69. The maximum Gasteiger partial charge on any atom is 0.270 e. The Bertz CT molecular complexity index is 1360. The Hall–Kier alpha value is -4.52. The second-order valence-electron chi connectivity index (χ2n) is 9.58. The molecule has 1 aliphatic carbocycles. The third kappa shape index (κ3) is 4.44. The van der Waals surface area contributed by atoms with Crippen molar-refractivity contribution in [1.29, 1.82) is 5.26 Å². The standard InChI is InChI=1S/C27H29N5O5/c1-27(2)12-18-22(19(33)13-27)21(16-6-7-20(35-3)24(37-5)23(16)36-4)17(14-28)25(29)32(18)31-26(34)15-8-10-30-11-9-15/h6-11,21H,12-13,29H2,1-5H3,(H,31,34). The van der Waals surface area contributed by atoms with Crippen LogP contribution < -0.4 is 25.4 Å². The van der Waals surface area contributed by atoms with Crippen molar-refractivity contribution in [1.82, 2.24) is 15.4 Å². The number of nitrogens with two attached hydrogens (primary N) is 1. The number of amides is 1. The maximum atomic E-state index is 13.7. The van der Waals surface area contributed by atoms with Crippen molar-refractivity contribution >= 4 is 11.7 Å². The Labute approximate surface area is 215 Å². The molecule has 10 nitrogen and oxygen atoms in total. The lowest BCUT2D eigenvalue weighted by molar-refractivity contribution is -0.118. The average molecular weight is 504 g/mol. The number of pyridine rings is 1. The molecule has 0 saturated heterocycles. The number of carbonyl (C=O) groups is 2. The summed E-state index contributed by atoms with van der Waals surface area (Å²) in [4.78, 5) is 30.7. The Kier molecular flexibility index (Phi) is 6.81. The smallest absolute Gasteiger partial charge is 0.270 e. The molecule has 1 aromatic heterocycles. The molecule has 1 aromatic carbocycles. The largest absolute Gasteiger partial charge is 0.493 e. The minimum absolute atomic E-state index is 0.0241. The summed E-state index contributed by atoms with van der Waals surface area (Å²) >= 11 is 0. The second kappa shape index (κ2) is 9.85. The number of hydrazine groups is 1. The summed E-state index contributed by atoms with van der Waals surface area (Å²) in [5.74, 6) is -0.304. The molecule has 2 heterocycles. The molecule has 2 aliphatic rings. The predicted molar refractivity (Wildman–Crippen MR) is 134 cm³/mol. The van der Waals surface area contributed by atoms with Crippen LogP contribution >= 0.6 is 0 Å². The number of hydrogen-bond acceptors (Lipinski definition) is 9. The van der Waals surface area contributed by atoms with E-state index >= 15 is 0 Å². The molecular weight excluding hydrogens is 474 g/mol. The van der Waals surface area contributed by atoms with Crippen molar-refractivity contribution in [3.05, 3.63) is 70.5 Å². The molecule has 0 fully saturated rings. The van der Waals surface area contributed by atoms with Gasteiger partial charge in [-0.15, -0.1) is 0 Å². The Morgan fingerprint density at radius 3 is 2.38 bits per heavy atom. The average Bonchev–Trinajstić information content (AvgIpc) is 2.88. The first-order valence-corrected chi connectivity index (χ1v) is 11.6. The van der Waals surface area contributed by atoms with Crippen LogP contribution in [0.1, 0.15) is 48.5 Å². The zero-order valence-corrected chi connectivity index (χ0v) is 21.4. The minimum atomic E-state index is -0.826. The number of ether oxygens (including phenoxy) is 3. The molecule has 0 saturated carbocycles. The SMILES string of the molecule is COc1ccc(C2C(C#N)=C(N)N(NC(=O)c3ccncc3)C3=C2C(=O)CC(C)(C)C3)c(OC)c1OC. The fourth-order valence-electron chi connectivity index (χ4n) is 4.97. The van der Waals surface area contributed by atoms with E-state index in [0.29, 0.717) is 46.1 Å². The molecule has 1 amide bonds. The van der Waals surface area contributed by atoms with Gasteiger partial charge < -0.3 is 19.9 Å². The van der Waals surface area contributed by atoms with Crippen molar-refractivity contribution < 1.29 is 23.8 Å². The third-order valence-electron chi connectivity index (χ3n) is 6.58. The van der Waals surface area contributed by atoms with E-state index in [2.05, 4.69) is 16.5 Å². The van der Waals surface area contributed by atoms with Gasteiger partial charge in [0.1, 0.15) is 5.82 Å². The van der Waals surface area contributed by atoms with Gasteiger partial charge in [0.2, 0.25) is 5.75 Å². The molecule has 1 unspecified atom stereocenters. The number of Topliss-reactive ketones (excluding diaryl/α,β-unsaturated/α-hetero) is 1. The number of aromatic nitrogens is 1. The van der Waals surface area contributed by atoms with Crippen LogP contribution in [0.25, 0.3) is 0 Å². The van der Waals surface area contributed by atoms with E-state index in [1.165, 1.54) is 38.7 Å². The highest BCUT2D eigenvalue weighted by Gasteiger charge is 2.46. The Morgan fingerprint density at radius 1 is 1.11 bits per heavy atom. The van der Waals surface area contributed by atoms with Gasteiger partial charge in [0.05, 0.1) is 44.6 Å². The summed E-state index contributed by atoms with van der Waals surface area (Å²) in [6.07, 6.45) is 3.71. The lowest BCUT2D eigenvalue weighted by Gasteiger charge is -2.43. The van der Waals surface area contributed by atoms with Crippen LogP contribution in [0.5, 0.6) is 17.2 Å². The van der Waals surface area contributed by atoms with E-state index in [9.17, 15) is 14.9 Å². The highest BCUT2D eigenvalue weighted by molar-refractivity contribution is 6.01. The number of carbonyl (C=O) groups excluding carboxylic acids is 2. The van der Waals surface area contributed by atoms with Crippen LogP contribution in [-0.2, 0) is 4.79 Å². The number of hydrogen-bond donors (Lipinski definition) is 2. The first-order chi connectivity index (χ1) is 17.7. The van der Waals surface area contributed by atoms with Gasteiger partial charge in [-0.1, -0.05) is 19.9 Å². The van der Waals surface area contributed by atoms with Gasteiger partial charge in [-0.25, -0.2) is 5.01 Å². The number of benzene rings is 1. The topological polar surface area (TPSA) is 140 Å². The number of nitrogens with zero attached hydrogens (tertiary/aromatic N) is 3. The highest BCUT2D eigenvalue weighted by Crippen LogP contribution is 2.52. The number of nitriles is 1. The van der Waals surface area contributed by atoms with E-state index in [1.807, 2.05) is 13.8 Å². The first kappa shape index (κ1) is 25.6. The first-order valence-electron chi connectivity index (χ1n) is 11.6. The molecular formula is C27H29N5O5. The summed E-state index contributed by atoms with van der Waals surface area (Å²) in [6.45, 7) is 3.95. The van der Waals surface area contributed by atoms with Crippen LogP contribution in [0.4, 0.5) is 0 Å². The number of allylic oxidation sites excluding steroid dienone is 3. The van der Waals surface area contributed by atoms with E-state index in [0.717, 1.165) is 0 Å². The quantitative estimate of drug-likeness (QED) is 0.608. The van der Waals surface area contributed by atoms with Crippen molar-refractivity contribution in [3.8, 4) is 23.3 Å². The summed E-state index contributed by atoms with van der Waals surface area (Å²) in [6, 6.07) is 8.73. The third-order valence-corrected chi connectivity index (χ3v) is 6.58. The molecule has 3 N–H and O–H groups in total. The van der Waals surface area contributed by atoms with Gasteiger partial charge in [-0.3, -0.25) is 20.0 Å². The molecule has 1 aliphatic heterocycles. The van der Waals surface area contributed by atoms with Gasteiger partial charge in [0.25, 0.3) is 5.91 Å². The van der Waals surface area contributed by atoms with Crippen LogP contribution in [-0.4, -0.2) is 43.0 Å². The van der Waals surface area contributed by atoms with Crippen molar-refractivity contribution in [2.24, 2.45) is 11.1 Å². The summed E-state index contributed by atoms with van der Waals surface area (Å²) in [5, 5.41) is 11.6. The summed E-state index contributed by atoms with van der Waals surface area (Å²) in [5.41, 5.74) is 10.9. The second-order valence-corrected chi connectivity index (χ2v) is 9.58. The zero-order valence-electron chi connectivity index (χ0n) is 21.4. The van der Waals surface area contributed by atoms with Gasteiger partial charge in [0.15, 0.2) is 17.3 Å². The van der Waals surface area contributed by atoms with Gasteiger partial charge >= 0.3 is 0 Å². The Balaban J connectivity index is 1.94. The number of nitrogens with one attached hydrogen (secondary N) is 1. The fourth-order valence-corrected chi connectivity index (χ4v) is 4.97. The van der Waals surface area contributed by atoms with E-state index in [-0.39, 0.29) is 23.6 Å². The maximum absolute atomic E-state index is 13.7. The number of rotatable bonds is 6. The molecule has 1 atom stereocenters. The molecule has 0 radical (unpaired) electrons. The van der Waals surface area contributed by atoms with Crippen LogP contribution in [0.3, 0.4) is 0 Å². The van der Waals surface area contributed by atoms with Crippen molar-refractivity contribution in [3.63, 3.8) is 0 Å². The van der Waals surface area contributed by atoms with E-state index in [4.69, 9.17) is 19.9 Å². The molecule has 0 bridgehead atoms. The lowest BCUT2D eigenvalue weighted by Crippen LogP contribution is -2.49. The molecule has 4 rings (SSSR count). The number of ketones is 1. The molecule has 192 valence electrons. The van der Waals surface area contributed by atoms with Gasteiger partial charge in [0, 0.05) is 35.5 Å². The van der Waals surface area contributed by atoms with Crippen molar-refractivity contribution in [2.75, 3.05) is 21.3 Å². The predicted octanol–water partition coefficient (Wildman–Crippen LogP) is 3.19. The van der Waals surface area contributed by atoms with E-state index < -0.39 is 17.2 Å². The summed E-state index contributed by atoms with van der Waals surface area (Å²) in [7, 11) is 4.47. The Morgan fingerprint density at radius 2 is 1.78 bits per heavy atom. The monoisotopic (exact) mass is 503 g/mol. The fraction of sp³-hybridized carbons (Fsp3) is 0.333. The van der Waals surface area contributed by atoms with Crippen molar-refractivity contribution in [2.45, 2.75) is 32.6 Å². The molecule has 2 aromatic rings. The van der Waals surface area contributed by atoms with Gasteiger partial charge in [-0.2, -0.15) is 5.26 Å². The minimum Gasteiger partial charge on any atom is -0.493 e. The highest BCUT2D eigenvalue weighted by atomic mass is 16.5. The molecule has 0 spiro atoms. The molecule has 10 heteroatoms. The normalized spacial score (nSPS) is 18.6. The molecule has 37 heavy (non-hydrogen) atoms. The zero-order chi connectivity index (χ0) is 26.9. The van der Waals surface area contributed by atoms with Crippen LogP contribution in [0.15, 0.2) is 59.3 Å². The summed E-state index contributed by atoms with van der Waals surface area (Å²) < 4.78 is 16.7. The van der Waals surface area contributed by atoms with Gasteiger partial charge in [-0.05, 0) is 30.0 Å². The van der Waals surface area contributed by atoms with Crippen LogP contribution in [0, 0.1) is 16.7 Å². The number of methoxy groups -OCH3 is 3.